The second-order valence-corrected chi connectivity index (χ2v) is 4.54. The summed E-state index contributed by atoms with van der Waals surface area (Å²) < 4.78 is 0. The molecule has 0 radical (unpaired) electrons. The molecule has 0 aliphatic heterocycles. The van der Waals surface area contributed by atoms with Gasteiger partial charge >= 0.3 is 6.03 Å². The number of hydrogen-bond donors (Lipinski definition) is 3. The highest BCUT2D eigenvalue weighted by Gasteiger charge is 2.07. The van der Waals surface area contributed by atoms with E-state index in [1.54, 1.807) is 12.1 Å². The van der Waals surface area contributed by atoms with Gasteiger partial charge in [0, 0.05) is 11.4 Å². The minimum absolute atomic E-state index is 0.323. The Balaban J connectivity index is 2.09. The van der Waals surface area contributed by atoms with Gasteiger partial charge in [0.25, 0.3) is 0 Å². The summed E-state index contributed by atoms with van der Waals surface area (Å²) >= 11 is 5.90. The van der Waals surface area contributed by atoms with Gasteiger partial charge in [0.05, 0.1) is 10.7 Å². The summed E-state index contributed by atoms with van der Waals surface area (Å²) in [7, 11) is 0. The Kier molecular flexibility index (Phi) is 3.92. The van der Waals surface area contributed by atoms with E-state index in [0.29, 0.717) is 16.4 Å². The normalized spacial score (nSPS) is 10.0. The van der Waals surface area contributed by atoms with E-state index in [9.17, 15) is 4.79 Å². The van der Waals surface area contributed by atoms with Gasteiger partial charge < -0.3 is 16.4 Å². The average molecular weight is 276 g/mol. The van der Waals surface area contributed by atoms with Gasteiger partial charge in [0.1, 0.15) is 0 Å². The molecule has 2 rings (SSSR count). The summed E-state index contributed by atoms with van der Waals surface area (Å²) in [5.74, 6) is 0. The summed E-state index contributed by atoms with van der Waals surface area (Å²) in [6.45, 7) is 1.85. The molecule has 0 spiro atoms. The Bertz CT molecular complexity index is 599. The van der Waals surface area contributed by atoms with Crippen LogP contribution in [0.2, 0.25) is 5.02 Å². The molecule has 0 atom stereocenters. The third-order valence-corrected chi connectivity index (χ3v) is 2.95. The number of para-hydroxylation sites is 1. The van der Waals surface area contributed by atoms with Crippen LogP contribution >= 0.6 is 11.6 Å². The van der Waals surface area contributed by atoms with Gasteiger partial charge in [0.2, 0.25) is 0 Å². The van der Waals surface area contributed by atoms with Crippen molar-refractivity contribution in [3.63, 3.8) is 0 Å². The van der Waals surface area contributed by atoms with Crippen LogP contribution in [0.1, 0.15) is 5.56 Å². The van der Waals surface area contributed by atoms with Crippen LogP contribution < -0.4 is 16.4 Å². The summed E-state index contributed by atoms with van der Waals surface area (Å²) in [5, 5.41) is 5.94. The molecule has 2 amide bonds. The number of carbonyl (C=O) groups is 1. The van der Waals surface area contributed by atoms with Crippen molar-refractivity contribution in [1.82, 2.24) is 0 Å². The number of halogens is 1. The highest BCUT2D eigenvalue weighted by molar-refractivity contribution is 6.33. The van der Waals surface area contributed by atoms with Gasteiger partial charge in [-0.2, -0.15) is 0 Å². The molecule has 19 heavy (non-hydrogen) atoms. The second-order valence-electron chi connectivity index (χ2n) is 4.13. The fourth-order valence-corrected chi connectivity index (χ4v) is 1.85. The maximum Gasteiger partial charge on any atom is 0.323 e. The zero-order chi connectivity index (χ0) is 13.8. The third kappa shape index (κ3) is 3.39. The van der Waals surface area contributed by atoms with Crippen molar-refractivity contribution in [1.29, 1.82) is 0 Å². The average Bonchev–Trinajstić information content (AvgIpc) is 2.37. The first kappa shape index (κ1) is 13.2. The third-order valence-electron chi connectivity index (χ3n) is 2.62. The fraction of sp³-hybridized carbons (Fsp3) is 0.0714. The maximum atomic E-state index is 11.8. The number of urea groups is 1. The molecule has 0 unspecified atom stereocenters. The molecule has 2 aromatic carbocycles. The van der Waals surface area contributed by atoms with Crippen LogP contribution in [0.15, 0.2) is 42.5 Å². The molecule has 98 valence electrons. The van der Waals surface area contributed by atoms with Crippen molar-refractivity contribution in [2.45, 2.75) is 6.92 Å². The van der Waals surface area contributed by atoms with E-state index in [4.69, 9.17) is 17.3 Å². The number of nitrogens with two attached hydrogens (primary N) is 1. The molecular formula is C14H14ClN3O. The van der Waals surface area contributed by atoms with Crippen LogP contribution in [0.4, 0.5) is 21.9 Å². The topological polar surface area (TPSA) is 67.1 Å². The lowest BCUT2D eigenvalue weighted by atomic mass is 10.2. The second kappa shape index (κ2) is 5.63. The van der Waals surface area contributed by atoms with Crippen molar-refractivity contribution in [2.24, 2.45) is 0 Å². The summed E-state index contributed by atoms with van der Waals surface area (Å²) in [6.07, 6.45) is 0. The first-order valence-electron chi connectivity index (χ1n) is 5.75. The van der Waals surface area contributed by atoms with Crippen molar-refractivity contribution in [3.8, 4) is 0 Å². The van der Waals surface area contributed by atoms with E-state index in [1.165, 1.54) is 0 Å². The number of hydrogen-bond acceptors (Lipinski definition) is 2. The van der Waals surface area contributed by atoms with E-state index >= 15 is 0 Å². The molecule has 0 bridgehead atoms. The molecule has 0 saturated carbocycles. The molecular weight excluding hydrogens is 262 g/mol. The van der Waals surface area contributed by atoms with Gasteiger partial charge in [-0.05, 0) is 36.8 Å². The Morgan fingerprint density at radius 1 is 1.16 bits per heavy atom. The quantitative estimate of drug-likeness (QED) is 0.728. The molecule has 0 heterocycles. The molecule has 0 fully saturated rings. The van der Waals surface area contributed by atoms with Crippen LogP contribution in [0.25, 0.3) is 0 Å². The lowest BCUT2D eigenvalue weighted by Crippen LogP contribution is -2.20. The molecule has 0 saturated heterocycles. The van der Waals surface area contributed by atoms with Crippen LogP contribution in [-0.2, 0) is 0 Å². The van der Waals surface area contributed by atoms with E-state index in [2.05, 4.69) is 10.6 Å². The van der Waals surface area contributed by atoms with Gasteiger partial charge in [-0.25, -0.2) is 4.79 Å². The standard InChI is InChI=1S/C14H14ClN3O/c1-9-7-11(15)12(16)8-13(9)18-14(19)17-10-5-3-2-4-6-10/h2-8H,16H2,1H3,(H2,17,18,19). The maximum absolute atomic E-state index is 11.8. The molecule has 5 heteroatoms. The van der Waals surface area contributed by atoms with Gasteiger partial charge in [-0.1, -0.05) is 29.8 Å². The smallest absolute Gasteiger partial charge is 0.323 e. The number of aryl methyl sites for hydroxylation is 1. The van der Waals surface area contributed by atoms with Crippen LogP contribution in [0.5, 0.6) is 0 Å². The van der Waals surface area contributed by atoms with E-state index in [-0.39, 0.29) is 6.03 Å². The zero-order valence-corrected chi connectivity index (χ0v) is 11.2. The van der Waals surface area contributed by atoms with Crippen molar-refractivity contribution in [3.05, 3.63) is 53.1 Å². The lowest BCUT2D eigenvalue weighted by Gasteiger charge is -2.11. The van der Waals surface area contributed by atoms with Crippen LogP contribution in [0, 0.1) is 6.92 Å². The molecule has 2 aromatic rings. The van der Waals surface area contributed by atoms with Crippen molar-refractivity contribution < 1.29 is 4.79 Å². The Morgan fingerprint density at radius 2 is 1.84 bits per heavy atom. The Hall–Kier alpha value is -2.20. The van der Waals surface area contributed by atoms with Gasteiger partial charge in [0.15, 0.2) is 0 Å². The molecule has 4 N–H and O–H groups in total. The molecule has 4 nitrogen and oxygen atoms in total. The predicted molar refractivity (Wildman–Crippen MR) is 79.7 cm³/mol. The molecule has 0 aliphatic carbocycles. The fourth-order valence-electron chi connectivity index (χ4n) is 1.63. The monoisotopic (exact) mass is 275 g/mol. The summed E-state index contributed by atoms with van der Waals surface area (Å²) in [5.41, 5.74) is 8.35. The number of benzene rings is 2. The Labute approximate surface area is 116 Å². The van der Waals surface area contributed by atoms with Gasteiger partial charge in [-0.3, -0.25) is 0 Å². The predicted octanol–water partition coefficient (Wildman–Crippen LogP) is 3.87. The SMILES string of the molecule is Cc1cc(Cl)c(N)cc1NC(=O)Nc1ccccc1. The number of rotatable bonds is 2. The van der Waals surface area contributed by atoms with Crippen LogP contribution in [-0.4, -0.2) is 6.03 Å². The van der Waals surface area contributed by atoms with Crippen LogP contribution in [0.3, 0.4) is 0 Å². The zero-order valence-electron chi connectivity index (χ0n) is 10.4. The summed E-state index contributed by atoms with van der Waals surface area (Å²) in [6, 6.07) is 12.2. The first-order chi connectivity index (χ1) is 9.06. The number of nitrogen functional groups attached to an aromatic ring is 1. The number of amides is 2. The van der Waals surface area contributed by atoms with Gasteiger partial charge in [-0.15, -0.1) is 0 Å². The first-order valence-corrected chi connectivity index (χ1v) is 6.13. The van der Waals surface area contributed by atoms with Crippen molar-refractivity contribution in [2.75, 3.05) is 16.4 Å². The number of carbonyl (C=O) groups excluding carboxylic acids is 1. The minimum atomic E-state index is -0.323. The largest absolute Gasteiger partial charge is 0.397 e. The summed E-state index contributed by atoms with van der Waals surface area (Å²) in [4.78, 5) is 11.8. The highest BCUT2D eigenvalue weighted by Crippen LogP contribution is 2.26. The van der Waals surface area contributed by atoms with E-state index in [1.807, 2.05) is 37.3 Å². The Morgan fingerprint density at radius 3 is 2.53 bits per heavy atom. The number of nitrogens with one attached hydrogen (secondary N) is 2. The lowest BCUT2D eigenvalue weighted by molar-refractivity contribution is 0.262. The molecule has 0 aliphatic rings. The highest BCUT2D eigenvalue weighted by atomic mass is 35.5. The minimum Gasteiger partial charge on any atom is -0.397 e. The molecule has 0 aromatic heterocycles. The van der Waals surface area contributed by atoms with E-state index < -0.39 is 0 Å². The number of anilines is 3. The van der Waals surface area contributed by atoms with E-state index in [0.717, 1.165) is 11.3 Å². The van der Waals surface area contributed by atoms with Crippen molar-refractivity contribution >= 4 is 34.7 Å².